The number of rotatable bonds is 5. The summed E-state index contributed by atoms with van der Waals surface area (Å²) in [5.74, 6) is 2.27. The van der Waals surface area contributed by atoms with Crippen molar-refractivity contribution in [3.8, 4) is 11.5 Å². The first-order valence-electron chi connectivity index (χ1n) is 7.36. The van der Waals surface area contributed by atoms with E-state index in [0.717, 1.165) is 19.5 Å². The van der Waals surface area contributed by atoms with Crippen LogP contribution in [0, 0.1) is 11.8 Å². The van der Waals surface area contributed by atoms with E-state index in [-0.39, 0.29) is 5.91 Å². The van der Waals surface area contributed by atoms with Crippen molar-refractivity contribution in [2.75, 3.05) is 33.9 Å². The van der Waals surface area contributed by atoms with Crippen LogP contribution in [-0.2, 0) is 0 Å². The van der Waals surface area contributed by atoms with Crippen molar-refractivity contribution in [3.05, 3.63) is 23.8 Å². The van der Waals surface area contributed by atoms with Gasteiger partial charge in [-0.15, -0.1) is 0 Å². The zero-order valence-electron chi connectivity index (χ0n) is 12.9. The van der Waals surface area contributed by atoms with E-state index in [1.165, 1.54) is 0 Å². The van der Waals surface area contributed by atoms with E-state index < -0.39 is 0 Å². The Labute approximate surface area is 126 Å². The maximum absolute atomic E-state index is 12.3. The third kappa shape index (κ3) is 4.11. The lowest BCUT2D eigenvalue weighted by atomic mass is 9.88. The molecule has 2 N–H and O–H groups in total. The summed E-state index contributed by atoms with van der Waals surface area (Å²) in [4.78, 5) is 12.3. The van der Waals surface area contributed by atoms with Gasteiger partial charge in [0, 0.05) is 18.2 Å². The SMILES string of the molecule is COc1cc(OC)cc(C(=O)NCC2CCNCC2C)c1. The lowest BCUT2D eigenvalue weighted by molar-refractivity contribution is 0.0937. The Bertz CT molecular complexity index is 468. The molecule has 2 unspecified atom stereocenters. The minimum Gasteiger partial charge on any atom is -0.497 e. The van der Waals surface area contributed by atoms with E-state index in [2.05, 4.69) is 17.6 Å². The maximum Gasteiger partial charge on any atom is 0.251 e. The molecule has 0 saturated carbocycles. The Balaban J connectivity index is 1.99. The largest absolute Gasteiger partial charge is 0.497 e. The average Bonchev–Trinajstić information content (AvgIpc) is 2.53. The van der Waals surface area contributed by atoms with Crippen molar-refractivity contribution in [2.24, 2.45) is 11.8 Å². The molecule has 1 saturated heterocycles. The van der Waals surface area contributed by atoms with Crippen LogP contribution in [-0.4, -0.2) is 39.8 Å². The minimum absolute atomic E-state index is 0.0852. The first-order chi connectivity index (χ1) is 10.1. The lowest BCUT2D eigenvalue weighted by Crippen LogP contribution is -2.41. The monoisotopic (exact) mass is 292 g/mol. The summed E-state index contributed by atoms with van der Waals surface area (Å²) < 4.78 is 10.4. The summed E-state index contributed by atoms with van der Waals surface area (Å²) in [5, 5.41) is 6.39. The molecule has 1 fully saturated rings. The predicted molar refractivity (Wildman–Crippen MR) is 82.0 cm³/mol. The number of benzene rings is 1. The molecule has 0 bridgehead atoms. The normalized spacial score (nSPS) is 21.7. The van der Waals surface area contributed by atoms with Crippen molar-refractivity contribution in [1.29, 1.82) is 0 Å². The van der Waals surface area contributed by atoms with Crippen LogP contribution in [0.5, 0.6) is 11.5 Å². The standard InChI is InChI=1S/C16H24N2O3/c1-11-9-17-5-4-12(11)10-18-16(19)13-6-14(20-2)8-15(7-13)21-3/h6-8,11-12,17H,4-5,9-10H2,1-3H3,(H,18,19). The molecule has 1 aromatic rings. The summed E-state index contributed by atoms with van der Waals surface area (Å²) in [7, 11) is 3.15. The third-order valence-corrected chi connectivity index (χ3v) is 4.10. The van der Waals surface area contributed by atoms with Gasteiger partial charge in [-0.25, -0.2) is 0 Å². The zero-order valence-corrected chi connectivity index (χ0v) is 12.9. The fourth-order valence-electron chi connectivity index (χ4n) is 2.64. The molecule has 0 aliphatic carbocycles. The summed E-state index contributed by atoms with van der Waals surface area (Å²) in [6, 6.07) is 5.21. The van der Waals surface area contributed by atoms with Crippen LogP contribution in [0.4, 0.5) is 0 Å². The quantitative estimate of drug-likeness (QED) is 0.867. The van der Waals surface area contributed by atoms with Gasteiger partial charge < -0.3 is 20.1 Å². The molecular weight excluding hydrogens is 268 g/mol. The van der Waals surface area contributed by atoms with Gasteiger partial charge in [0.1, 0.15) is 11.5 Å². The van der Waals surface area contributed by atoms with Crippen molar-refractivity contribution in [1.82, 2.24) is 10.6 Å². The first kappa shape index (κ1) is 15.6. The fourth-order valence-corrected chi connectivity index (χ4v) is 2.64. The van der Waals surface area contributed by atoms with Crippen LogP contribution >= 0.6 is 0 Å². The van der Waals surface area contributed by atoms with Crippen LogP contribution in [0.15, 0.2) is 18.2 Å². The van der Waals surface area contributed by atoms with E-state index in [4.69, 9.17) is 9.47 Å². The Hall–Kier alpha value is -1.75. The highest BCUT2D eigenvalue weighted by Crippen LogP contribution is 2.23. The second-order valence-electron chi connectivity index (χ2n) is 5.54. The van der Waals surface area contributed by atoms with Crippen molar-refractivity contribution < 1.29 is 14.3 Å². The molecule has 1 aromatic carbocycles. The number of amides is 1. The number of carbonyl (C=O) groups excluding carboxylic acids is 1. The van der Waals surface area contributed by atoms with Gasteiger partial charge in [0.2, 0.25) is 0 Å². The zero-order chi connectivity index (χ0) is 15.2. The molecule has 1 amide bonds. The molecular formula is C16H24N2O3. The van der Waals surface area contributed by atoms with Gasteiger partial charge in [-0.1, -0.05) is 6.92 Å². The maximum atomic E-state index is 12.3. The average molecular weight is 292 g/mol. The van der Waals surface area contributed by atoms with Gasteiger partial charge in [-0.2, -0.15) is 0 Å². The molecule has 2 atom stereocenters. The Morgan fingerprint density at radius 1 is 1.29 bits per heavy atom. The highest BCUT2D eigenvalue weighted by Gasteiger charge is 2.21. The number of hydrogen-bond acceptors (Lipinski definition) is 4. The Morgan fingerprint density at radius 2 is 1.95 bits per heavy atom. The van der Waals surface area contributed by atoms with Gasteiger partial charge in [0.15, 0.2) is 0 Å². The molecule has 0 spiro atoms. The molecule has 5 nitrogen and oxygen atoms in total. The van der Waals surface area contributed by atoms with Crippen molar-refractivity contribution in [3.63, 3.8) is 0 Å². The van der Waals surface area contributed by atoms with Crippen LogP contribution in [0.25, 0.3) is 0 Å². The van der Waals surface area contributed by atoms with E-state index in [1.807, 2.05) is 0 Å². The van der Waals surface area contributed by atoms with E-state index in [9.17, 15) is 4.79 Å². The number of ether oxygens (including phenoxy) is 2. The highest BCUT2D eigenvalue weighted by molar-refractivity contribution is 5.95. The van der Waals surface area contributed by atoms with Crippen LogP contribution in [0.2, 0.25) is 0 Å². The molecule has 116 valence electrons. The number of piperidine rings is 1. The number of methoxy groups -OCH3 is 2. The summed E-state index contributed by atoms with van der Waals surface area (Å²) in [6.45, 7) is 4.98. The molecule has 1 aliphatic heterocycles. The summed E-state index contributed by atoms with van der Waals surface area (Å²) in [6.07, 6.45) is 1.10. The molecule has 21 heavy (non-hydrogen) atoms. The van der Waals surface area contributed by atoms with Crippen LogP contribution < -0.4 is 20.1 Å². The smallest absolute Gasteiger partial charge is 0.251 e. The summed E-state index contributed by atoms with van der Waals surface area (Å²) >= 11 is 0. The van der Waals surface area contributed by atoms with Gasteiger partial charge in [-0.3, -0.25) is 4.79 Å². The Kier molecular flexibility index (Phi) is 5.44. The lowest BCUT2D eigenvalue weighted by Gasteiger charge is -2.29. The first-order valence-corrected chi connectivity index (χ1v) is 7.36. The van der Waals surface area contributed by atoms with Gasteiger partial charge in [-0.05, 0) is 43.5 Å². The second kappa shape index (κ2) is 7.31. The fraction of sp³-hybridized carbons (Fsp3) is 0.562. The Morgan fingerprint density at radius 3 is 2.52 bits per heavy atom. The number of carbonyl (C=O) groups is 1. The van der Waals surface area contributed by atoms with E-state index in [1.54, 1.807) is 32.4 Å². The molecule has 5 heteroatoms. The van der Waals surface area contributed by atoms with Crippen LogP contribution in [0.3, 0.4) is 0 Å². The van der Waals surface area contributed by atoms with E-state index in [0.29, 0.717) is 35.4 Å². The van der Waals surface area contributed by atoms with Crippen molar-refractivity contribution >= 4 is 5.91 Å². The molecule has 0 radical (unpaired) electrons. The number of hydrogen-bond donors (Lipinski definition) is 2. The van der Waals surface area contributed by atoms with Gasteiger partial charge in [0.05, 0.1) is 14.2 Å². The van der Waals surface area contributed by atoms with Crippen LogP contribution in [0.1, 0.15) is 23.7 Å². The minimum atomic E-state index is -0.0852. The molecule has 0 aromatic heterocycles. The van der Waals surface area contributed by atoms with Gasteiger partial charge >= 0.3 is 0 Å². The molecule has 2 rings (SSSR count). The van der Waals surface area contributed by atoms with Gasteiger partial charge in [0.25, 0.3) is 5.91 Å². The van der Waals surface area contributed by atoms with Crippen molar-refractivity contribution in [2.45, 2.75) is 13.3 Å². The topological polar surface area (TPSA) is 59.6 Å². The summed E-state index contributed by atoms with van der Waals surface area (Å²) in [5.41, 5.74) is 0.563. The third-order valence-electron chi connectivity index (χ3n) is 4.10. The molecule has 1 heterocycles. The van der Waals surface area contributed by atoms with E-state index >= 15 is 0 Å². The molecule has 1 aliphatic rings. The number of nitrogens with one attached hydrogen (secondary N) is 2. The predicted octanol–water partition coefficient (Wildman–Crippen LogP) is 1.68. The highest BCUT2D eigenvalue weighted by atomic mass is 16.5. The second-order valence-corrected chi connectivity index (χ2v) is 5.54.